The van der Waals surface area contributed by atoms with Crippen molar-refractivity contribution in [3.05, 3.63) is 89.2 Å². The summed E-state index contributed by atoms with van der Waals surface area (Å²) in [4.78, 5) is 32.1. The smallest absolute Gasteiger partial charge is 0.262 e. The van der Waals surface area contributed by atoms with E-state index in [9.17, 15) is 9.59 Å². The van der Waals surface area contributed by atoms with Gasteiger partial charge < -0.3 is 5.32 Å². The van der Waals surface area contributed by atoms with Crippen LogP contribution in [-0.4, -0.2) is 21.2 Å². The van der Waals surface area contributed by atoms with E-state index in [1.807, 2.05) is 79.7 Å². The van der Waals surface area contributed by atoms with Gasteiger partial charge in [0, 0.05) is 16.3 Å². The zero-order chi connectivity index (χ0) is 21.6. The van der Waals surface area contributed by atoms with Crippen LogP contribution < -0.4 is 10.9 Å². The molecular weight excluding hydrogens is 426 g/mol. The molecule has 0 saturated carbocycles. The number of nitrogens with one attached hydrogen (secondary N) is 1. The SMILES string of the molecule is CCn1c(SCC(=O)Nc2ccccc2Sc2ccccc2)nc2ccccc2c1=O. The summed E-state index contributed by atoms with van der Waals surface area (Å²) >= 11 is 2.87. The van der Waals surface area contributed by atoms with Gasteiger partial charge in [0.1, 0.15) is 0 Å². The third kappa shape index (κ3) is 5.00. The number of hydrogen-bond donors (Lipinski definition) is 1. The minimum Gasteiger partial charge on any atom is -0.324 e. The number of para-hydroxylation sites is 2. The van der Waals surface area contributed by atoms with E-state index >= 15 is 0 Å². The summed E-state index contributed by atoms with van der Waals surface area (Å²) in [6.45, 7) is 2.40. The molecule has 5 nitrogen and oxygen atoms in total. The van der Waals surface area contributed by atoms with E-state index in [1.54, 1.807) is 22.4 Å². The van der Waals surface area contributed by atoms with E-state index in [0.29, 0.717) is 22.6 Å². The van der Waals surface area contributed by atoms with Gasteiger partial charge in [0.2, 0.25) is 5.91 Å². The topological polar surface area (TPSA) is 64.0 Å². The van der Waals surface area contributed by atoms with Crippen LogP contribution >= 0.6 is 23.5 Å². The zero-order valence-electron chi connectivity index (χ0n) is 16.9. The Kier molecular flexibility index (Phi) is 6.74. The number of nitrogens with zero attached hydrogens (tertiary/aromatic N) is 2. The number of rotatable bonds is 7. The van der Waals surface area contributed by atoms with Gasteiger partial charge in [-0.3, -0.25) is 14.2 Å². The van der Waals surface area contributed by atoms with Crippen molar-refractivity contribution in [1.82, 2.24) is 9.55 Å². The summed E-state index contributed by atoms with van der Waals surface area (Å²) in [6.07, 6.45) is 0. The highest BCUT2D eigenvalue weighted by atomic mass is 32.2. The van der Waals surface area contributed by atoms with Gasteiger partial charge in [-0.1, -0.05) is 66.0 Å². The molecule has 0 aliphatic carbocycles. The van der Waals surface area contributed by atoms with Crippen LogP contribution in [0, 0.1) is 0 Å². The van der Waals surface area contributed by atoms with Crippen LogP contribution in [0.1, 0.15) is 6.92 Å². The summed E-state index contributed by atoms with van der Waals surface area (Å²) in [5.74, 6) is 0.0194. The van der Waals surface area contributed by atoms with Crippen molar-refractivity contribution in [2.24, 2.45) is 0 Å². The number of amides is 1. The number of fused-ring (bicyclic) bond motifs is 1. The fraction of sp³-hybridized carbons (Fsp3) is 0.125. The van der Waals surface area contributed by atoms with E-state index in [4.69, 9.17) is 0 Å². The Hall–Kier alpha value is -3.03. The fourth-order valence-electron chi connectivity index (χ4n) is 3.13. The second-order valence-electron chi connectivity index (χ2n) is 6.71. The molecule has 0 atom stereocenters. The number of thioether (sulfide) groups is 1. The van der Waals surface area contributed by atoms with Crippen LogP contribution in [0.2, 0.25) is 0 Å². The molecule has 0 aliphatic rings. The standard InChI is InChI=1S/C24H21N3O2S2/c1-2-27-23(29)18-12-6-7-13-19(18)26-24(27)30-16-22(28)25-20-14-8-9-15-21(20)31-17-10-4-3-5-11-17/h3-15H,2,16H2,1H3,(H,25,28). The summed E-state index contributed by atoms with van der Waals surface area (Å²) in [5.41, 5.74) is 1.33. The summed E-state index contributed by atoms with van der Waals surface area (Å²) in [6, 6.07) is 25.0. The molecule has 0 aliphatic heterocycles. The average molecular weight is 448 g/mol. The van der Waals surface area contributed by atoms with Gasteiger partial charge in [-0.05, 0) is 43.3 Å². The van der Waals surface area contributed by atoms with Crippen molar-refractivity contribution in [2.75, 3.05) is 11.1 Å². The molecule has 156 valence electrons. The molecule has 3 aromatic carbocycles. The molecule has 7 heteroatoms. The first-order chi connectivity index (χ1) is 15.2. The summed E-state index contributed by atoms with van der Waals surface area (Å²) < 4.78 is 1.61. The number of benzene rings is 3. The van der Waals surface area contributed by atoms with Crippen LogP contribution in [0.3, 0.4) is 0 Å². The Bertz CT molecular complexity index is 1270. The molecule has 0 spiro atoms. The van der Waals surface area contributed by atoms with E-state index in [2.05, 4.69) is 10.3 Å². The van der Waals surface area contributed by atoms with Gasteiger partial charge in [0.25, 0.3) is 5.56 Å². The van der Waals surface area contributed by atoms with Gasteiger partial charge in [-0.25, -0.2) is 4.98 Å². The third-order valence-electron chi connectivity index (χ3n) is 4.61. The normalized spacial score (nSPS) is 10.9. The maximum absolute atomic E-state index is 12.7. The molecule has 0 unspecified atom stereocenters. The first-order valence-electron chi connectivity index (χ1n) is 9.90. The Morgan fingerprint density at radius 1 is 0.968 bits per heavy atom. The highest BCUT2D eigenvalue weighted by Gasteiger charge is 2.13. The number of anilines is 1. The third-order valence-corrected chi connectivity index (χ3v) is 6.67. The Morgan fingerprint density at radius 3 is 2.48 bits per heavy atom. The number of aromatic nitrogens is 2. The quantitative estimate of drug-likeness (QED) is 0.308. The van der Waals surface area contributed by atoms with Crippen molar-refractivity contribution >= 4 is 46.0 Å². The first kappa shape index (κ1) is 21.2. The first-order valence-corrected chi connectivity index (χ1v) is 11.7. The highest BCUT2D eigenvalue weighted by molar-refractivity contribution is 8.00. The average Bonchev–Trinajstić information content (AvgIpc) is 2.80. The maximum atomic E-state index is 12.7. The lowest BCUT2D eigenvalue weighted by Gasteiger charge is -2.12. The monoisotopic (exact) mass is 447 g/mol. The van der Waals surface area contributed by atoms with Crippen molar-refractivity contribution in [2.45, 2.75) is 28.4 Å². The van der Waals surface area contributed by atoms with Crippen LogP contribution in [0.5, 0.6) is 0 Å². The van der Waals surface area contributed by atoms with Gasteiger partial charge in [0.15, 0.2) is 5.16 Å². The number of carbonyl (C=O) groups is 1. The largest absolute Gasteiger partial charge is 0.324 e. The van der Waals surface area contributed by atoms with Crippen molar-refractivity contribution in [3.63, 3.8) is 0 Å². The molecule has 0 saturated heterocycles. The Morgan fingerprint density at radius 2 is 1.68 bits per heavy atom. The molecule has 0 radical (unpaired) electrons. The van der Waals surface area contributed by atoms with Crippen LogP contribution in [0.4, 0.5) is 5.69 Å². The highest BCUT2D eigenvalue weighted by Crippen LogP contribution is 2.33. The predicted octanol–water partition coefficient (Wildman–Crippen LogP) is 5.30. The molecular formula is C24H21N3O2S2. The van der Waals surface area contributed by atoms with Crippen molar-refractivity contribution < 1.29 is 4.79 Å². The second kappa shape index (κ2) is 9.85. The van der Waals surface area contributed by atoms with Crippen LogP contribution in [0.15, 0.2) is 98.6 Å². The molecule has 4 aromatic rings. The minimum absolute atomic E-state index is 0.0828. The lowest BCUT2D eigenvalue weighted by atomic mass is 10.2. The zero-order valence-corrected chi connectivity index (χ0v) is 18.6. The predicted molar refractivity (Wildman–Crippen MR) is 128 cm³/mol. The lowest BCUT2D eigenvalue weighted by molar-refractivity contribution is -0.113. The van der Waals surface area contributed by atoms with E-state index in [1.165, 1.54) is 11.8 Å². The summed E-state index contributed by atoms with van der Waals surface area (Å²) in [7, 11) is 0. The fourth-order valence-corrected chi connectivity index (χ4v) is 4.91. The molecule has 1 amide bonds. The minimum atomic E-state index is -0.142. The van der Waals surface area contributed by atoms with Gasteiger partial charge >= 0.3 is 0 Å². The Balaban J connectivity index is 1.49. The lowest BCUT2D eigenvalue weighted by Crippen LogP contribution is -2.23. The van der Waals surface area contributed by atoms with E-state index in [-0.39, 0.29) is 17.2 Å². The molecule has 1 N–H and O–H groups in total. The number of hydrogen-bond acceptors (Lipinski definition) is 5. The molecule has 31 heavy (non-hydrogen) atoms. The Labute approximate surface area is 188 Å². The molecule has 1 heterocycles. The van der Waals surface area contributed by atoms with E-state index in [0.717, 1.165) is 15.5 Å². The molecule has 4 rings (SSSR count). The second-order valence-corrected chi connectivity index (χ2v) is 8.77. The van der Waals surface area contributed by atoms with Crippen LogP contribution in [0.25, 0.3) is 10.9 Å². The summed E-state index contributed by atoms with van der Waals surface area (Å²) in [5, 5.41) is 4.13. The van der Waals surface area contributed by atoms with Crippen molar-refractivity contribution in [3.8, 4) is 0 Å². The molecule has 0 fully saturated rings. The van der Waals surface area contributed by atoms with Crippen LogP contribution in [-0.2, 0) is 11.3 Å². The van der Waals surface area contributed by atoms with Gasteiger partial charge in [0.05, 0.1) is 22.3 Å². The van der Waals surface area contributed by atoms with Gasteiger partial charge in [-0.15, -0.1) is 0 Å². The van der Waals surface area contributed by atoms with Gasteiger partial charge in [-0.2, -0.15) is 0 Å². The molecule has 1 aromatic heterocycles. The van der Waals surface area contributed by atoms with E-state index < -0.39 is 0 Å². The van der Waals surface area contributed by atoms with Crippen molar-refractivity contribution in [1.29, 1.82) is 0 Å². The molecule has 0 bridgehead atoms. The number of carbonyl (C=O) groups excluding carboxylic acids is 1. The maximum Gasteiger partial charge on any atom is 0.262 e.